The number of esters is 1. The Labute approximate surface area is 128 Å². The van der Waals surface area contributed by atoms with Crippen LogP contribution in [-0.4, -0.2) is 38.4 Å². The van der Waals surface area contributed by atoms with E-state index in [-0.39, 0.29) is 18.1 Å². The lowest BCUT2D eigenvalue weighted by Gasteiger charge is -2.22. The summed E-state index contributed by atoms with van der Waals surface area (Å²) in [5.74, 6) is -0.205. The van der Waals surface area contributed by atoms with Crippen LogP contribution in [0.4, 0.5) is 0 Å². The number of nitrogens with zero attached hydrogens (tertiary/aromatic N) is 1. The second kappa shape index (κ2) is 6.73. The lowest BCUT2D eigenvalue weighted by molar-refractivity contribution is -0.182. The molecule has 5 heteroatoms. The highest BCUT2D eigenvalue weighted by atomic mass is 28.3. The molecule has 1 aromatic carbocycles. The first-order valence-corrected chi connectivity index (χ1v) is 11.1. The molecule has 0 amide bonds. The topological polar surface area (TPSA) is 38.8 Å². The maximum absolute atomic E-state index is 12.0. The molecule has 0 saturated carbocycles. The SMILES string of the molecule is COC(=O)[C@@H]1C[C@@H](C[Si](C)(C)C)ON1Cc1ccccc1. The Kier molecular flexibility index (Phi) is 5.19. The Morgan fingerprint density at radius 2 is 2.00 bits per heavy atom. The predicted molar refractivity (Wildman–Crippen MR) is 85.4 cm³/mol. The molecule has 116 valence electrons. The van der Waals surface area contributed by atoms with Crippen molar-refractivity contribution >= 4 is 14.0 Å². The van der Waals surface area contributed by atoms with Crippen LogP contribution in [0.1, 0.15) is 12.0 Å². The van der Waals surface area contributed by atoms with Crippen LogP contribution in [-0.2, 0) is 20.9 Å². The Morgan fingerprint density at radius 1 is 1.33 bits per heavy atom. The molecule has 0 unspecified atom stereocenters. The summed E-state index contributed by atoms with van der Waals surface area (Å²) in [6.07, 6.45) is 0.855. The summed E-state index contributed by atoms with van der Waals surface area (Å²) >= 11 is 0. The van der Waals surface area contributed by atoms with Gasteiger partial charge in [0.15, 0.2) is 0 Å². The third-order valence-electron chi connectivity index (χ3n) is 3.61. The average molecular weight is 307 g/mol. The Bertz CT molecular complexity index is 472. The van der Waals surface area contributed by atoms with Gasteiger partial charge in [-0.1, -0.05) is 50.0 Å². The van der Waals surface area contributed by atoms with Crippen molar-refractivity contribution in [2.24, 2.45) is 0 Å². The van der Waals surface area contributed by atoms with Crippen molar-refractivity contribution in [1.29, 1.82) is 0 Å². The molecule has 21 heavy (non-hydrogen) atoms. The van der Waals surface area contributed by atoms with Crippen molar-refractivity contribution in [2.45, 2.75) is 50.8 Å². The van der Waals surface area contributed by atoms with Gasteiger partial charge in [0.25, 0.3) is 0 Å². The molecule has 1 heterocycles. The molecule has 1 saturated heterocycles. The lowest BCUT2D eigenvalue weighted by Crippen LogP contribution is -2.35. The highest BCUT2D eigenvalue weighted by molar-refractivity contribution is 6.76. The largest absolute Gasteiger partial charge is 0.468 e. The second-order valence-corrected chi connectivity index (χ2v) is 12.4. The first-order valence-electron chi connectivity index (χ1n) is 7.44. The molecule has 0 radical (unpaired) electrons. The fourth-order valence-electron chi connectivity index (χ4n) is 2.74. The van der Waals surface area contributed by atoms with Gasteiger partial charge in [0.2, 0.25) is 0 Å². The van der Waals surface area contributed by atoms with Crippen LogP contribution in [0.2, 0.25) is 25.7 Å². The number of hydrogen-bond donors (Lipinski definition) is 0. The van der Waals surface area contributed by atoms with Gasteiger partial charge in [-0.25, -0.2) is 0 Å². The normalized spacial score (nSPS) is 23.2. The van der Waals surface area contributed by atoms with Crippen molar-refractivity contribution in [2.75, 3.05) is 7.11 Å². The number of hydroxylamine groups is 2. The monoisotopic (exact) mass is 307 g/mol. The number of benzene rings is 1. The molecule has 1 aliphatic heterocycles. The van der Waals surface area contributed by atoms with Crippen molar-refractivity contribution < 1.29 is 14.4 Å². The molecular weight excluding hydrogens is 282 g/mol. The molecule has 4 nitrogen and oxygen atoms in total. The summed E-state index contributed by atoms with van der Waals surface area (Å²) in [6.45, 7) is 7.58. The van der Waals surface area contributed by atoms with E-state index >= 15 is 0 Å². The van der Waals surface area contributed by atoms with E-state index in [4.69, 9.17) is 9.57 Å². The van der Waals surface area contributed by atoms with Crippen LogP contribution in [0.5, 0.6) is 0 Å². The summed E-state index contributed by atoms with van der Waals surface area (Å²) in [4.78, 5) is 18.0. The van der Waals surface area contributed by atoms with Crippen LogP contribution >= 0.6 is 0 Å². The van der Waals surface area contributed by atoms with Gasteiger partial charge in [-0.15, -0.1) is 0 Å². The van der Waals surface area contributed by atoms with Gasteiger partial charge in [-0.05, 0) is 11.6 Å². The molecule has 2 atom stereocenters. The smallest absolute Gasteiger partial charge is 0.325 e. The van der Waals surface area contributed by atoms with Gasteiger partial charge in [0.05, 0.1) is 19.8 Å². The fourth-order valence-corrected chi connectivity index (χ4v) is 4.35. The molecule has 1 aliphatic rings. The zero-order valence-electron chi connectivity index (χ0n) is 13.3. The molecular formula is C16H25NO3Si. The van der Waals surface area contributed by atoms with E-state index in [0.29, 0.717) is 6.54 Å². The van der Waals surface area contributed by atoms with E-state index in [1.54, 1.807) is 5.06 Å². The summed E-state index contributed by atoms with van der Waals surface area (Å²) in [6, 6.07) is 10.8. The molecule has 0 bridgehead atoms. The quantitative estimate of drug-likeness (QED) is 0.619. The van der Waals surface area contributed by atoms with Gasteiger partial charge in [0.1, 0.15) is 6.04 Å². The predicted octanol–water partition coefficient (Wildman–Crippen LogP) is 3.07. The fraction of sp³-hybridized carbons (Fsp3) is 0.562. The summed E-state index contributed by atoms with van der Waals surface area (Å²) in [5, 5.41) is 1.80. The zero-order chi connectivity index (χ0) is 15.5. The van der Waals surface area contributed by atoms with Crippen LogP contribution in [0.25, 0.3) is 0 Å². The van der Waals surface area contributed by atoms with E-state index in [9.17, 15) is 4.79 Å². The summed E-state index contributed by atoms with van der Waals surface area (Å²) in [5.41, 5.74) is 1.14. The van der Waals surface area contributed by atoms with Gasteiger partial charge in [0, 0.05) is 14.5 Å². The number of rotatable bonds is 5. The van der Waals surface area contributed by atoms with Crippen LogP contribution in [0.15, 0.2) is 30.3 Å². The third kappa shape index (κ3) is 4.66. The maximum atomic E-state index is 12.0. The average Bonchev–Trinajstić information content (AvgIpc) is 2.79. The van der Waals surface area contributed by atoms with E-state index < -0.39 is 8.07 Å². The van der Waals surface area contributed by atoms with Crippen molar-refractivity contribution in [3.63, 3.8) is 0 Å². The van der Waals surface area contributed by atoms with E-state index in [1.807, 2.05) is 30.3 Å². The molecule has 0 spiro atoms. The van der Waals surface area contributed by atoms with E-state index in [0.717, 1.165) is 18.0 Å². The minimum Gasteiger partial charge on any atom is -0.468 e. The zero-order valence-corrected chi connectivity index (χ0v) is 14.3. The van der Waals surface area contributed by atoms with Crippen LogP contribution < -0.4 is 0 Å². The first kappa shape index (κ1) is 16.2. The van der Waals surface area contributed by atoms with E-state index in [1.165, 1.54) is 7.11 Å². The molecule has 0 N–H and O–H groups in total. The van der Waals surface area contributed by atoms with Crippen molar-refractivity contribution in [3.05, 3.63) is 35.9 Å². The minimum absolute atomic E-state index is 0.129. The highest BCUT2D eigenvalue weighted by Crippen LogP contribution is 2.29. The Morgan fingerprint density at radius 3 is 2.57 bits per heavy atom. The number of hydrogen-bond acceptors (Lipinski definition) is 4. The molecule has 1 aromatic rings. The van der Waals surface area contributed by atoms with Crippen LogP contribution in [0, 0.1) is 0 Å². The molecule has 2 rings (SSSR count). The molecule has 1 fully saturated rings. The van der Waals surface area contributed by atoms with Gasteiger partial charge < -0.3 is 4.74 Å². The standard InChI is InChI=1S/C16H25NO3Si/c1-19-16(18)15-10-14(12-21(2,3)4)20-17(15)11-13-8-6-5-7-9-13/h5-9,14-15H,10-12H2,1-4H3/t14-,15-/m0/s1. The van der Waals surface area contributed by atoms with Crippen LogP contribution in [0.3, 0.4) is 0 Å². The number of methoxy groups -OCH3 is 1. The lowest BCUT2D eigenvalue weighted by atomic mass is 10.1. The number of ether oxygens (including phenoxy) is 1. The Hall–Kier alpha value is -1.17. The first-order chi connectivity index (χ1) is 9.89. The van der Waals surface area contributed by atoms with Gasteiger partial charge >= 0.3 is 5.97 Å². The number of carbonyl (C=O) groups is 1. The van der Waals surface area contributed by atoms with Gasteiger partial charge in [-0.3, -0.25) is 9.63 Å². The maximum Gasteiger partial charge on any atom is 0.325 e. The molecule has 0 aromatic heterocycles. The van der Waals surface area contributed by atoms with E-state index in [2.05, 4.69) is 19.6 Å². The summed E-state index contributed by atoms with van der Waals surface area (Å²) in [7, 11) is 0.217. The van der Waals surface area contributed by atoms with Gasteiger partial charge in [-0.2, -0.15) is 5.06 Å². The molecule has 0 aliphatic carbocycles. The second-order valence-electron chi connectivity index (χ2n) is 6.83. The van der Waals surface area contributed by atoms with Crippen molar-refractivity contribution in [1.82, 2.24) is 5.06 Å². The third-order valence-corrected chi connectivity index (χ3v) is 5.29. The highest BCUT2D eigenvalue weighted by Gasteiger charge is 2.40. The summed E-state index contributed by atoms with van der Waals surface area (Å²) < 4.78 is 4.93. The van der Waals surface area contributed by atoms with Crippen molar-refractivity contribution in [3.8, 4) is 0 Å². The number of carbonyl (C=O) groups excluding carboxylic acids is 1. The Balaban J connectivity index is 2.07. The minimum atomic E-state index is -1.22.